The molecule has 6 nitrogen and oxygen atoms in total. The van der Waals surface area contributed by atoms with Gasteiger partial charge in [-0.05, 0) is 79.3 Å². The van der Waals surface area contributed by atoms with E-state index in [0.717, 1.165) is 40.3 Å². The van der Waals surface area contributed by atoms with Gasteiger partial charge in [0.15, 0.2) is 0 Å². The zero-order chi connectivity index (χ0) is 22.2. The van der Waals surface area contributed by atoms with Crippen molar-refractivity contribution in [3.63, 3.8) is 0 Å². The Bertz CT molecular complexity index is 1340. The number of likely N-dealkylation sites (N-methyl/N-ethyl adjacent to an activating group) is 1. The fraction of sp³-hybridized carbons (Fsp3) is 0.250. The lowest BCUT2D eigenvalue weighted by Gasteiger charge is -2.14. The summed E-state index contributed by atoms with van der Waals surface area (Å²) in [6.07, 6.45) is 2.89. The van der Waals surface area contributed by atoms with Gasteiger partial charge in [0.25, 0.3) is 10.0 Å². The summed E-state index contributed by atoms with van der Waals surface area (Å²) in [5.41, 5.74) is 3.80. The second-order valence-corrected chi connectivity index (χ2v) is 10.0. The molecule has 3 aromatic carbocycles. The molecule has 0 amide bonds. The fourth-order valence-corrected chi connectivity index (χ4v) is 4.75. The summed E-state index contributed by atoms with van der Waals surface area (Å²) >= 11 is 0. The number of hydrogen-bond acceptors (Lipinski definition) is 4. The molecule has 2 N–H and O–H groups in total. The van der Waals surface area contributed by atoms with Gasteiger partial charge in [-0.25, -0.2) is 8.42 Å². The summed E-state index contributed by atoms with van der Waals surface area (Å²) in [5, 5.41) is 2.93. The van der Waals surface area contributed by atoms with Crippen molar-refractivity contribution in [3.05, 3.63) is 66.4 Å². The molecule has 4 aromatic rings. The van der Waals surface area contributed by atoms with Crippen molar-refractivity contribution in [1.29, 1.82) is 0 Å². The molecule has 0 unspecified atom stereocenters. The van der Waals surface area contributed by atoms with E-state index >= 15 is 0 Å². The Morgan fingerprint density at radius 2 is 1.65 bits per heavy atom. The van der Waals surface area contributed by atoms with E-state index in [-0.39, 0.29) is 4.90 Å². The number of aromatic nitrogens is 1. The van der Waals surface area contributed by atoms with E-state index in [2.05, 4.69) is 14.6 Å². The van der Waals surface area contributed by atoms with Crippen molar-refractivity contribution in [1.82, 2.24) is 9.88 Å². The van der Waals surface area contributed by atoms with Gasteiger partial charge in [-0.3, -0.25) is 4.72 Å². The molecule has 7 heteroatoms. The first-order valence-electron chi connectivity index (χ1n) is 10.2. The summed E-state index contributed by atoms with van der Waals surface area (Å²) in [6.45, 7) is 0.926. The molecule has 0 spiro atoms. The monoisotopic (exact) mass is 436 g/mol. The lowest BCUT2D eigenvalue weighted by Crippen LogP contribution is -2.15. The number of sulfonamides is 1. The number of nitrogens with zero attached hydrogens (tertiary/aromatic N) is 2. The van der Waals surface area contributed by atoms with Gasteiger partial charge in [-0.2, -0.15) is 0 Å². The van der Waals surface area contributed by atoms with Gasteiger partial charge < -0.3 is 14.8 Å². The van der Waals surface area contributed by atoms with Gasteiger partial charge in [0, 0.05) is 49.1 Å². The predicted octanol–water partition coefficient (Wildman–Crippen LogP) is 4.29. The smallest absolute Gasteiger partial charge is 0.261 e. The van der Waals surface area contributed by atoms with Crippen molar-refractivity contribution in [2.45, 2.75) is 11.3 Å². The molecule has 31 heavy (non-hydrogen) atoms. The van der Waals surface area contributed by atoms with E-state index in [1.54, 1.807) is 18.2 Å². The summed E-state index contributed by atoms with van der Waals surface area (Å²) in [5.74, 6) is 0. The standard InChI is InChI=1S/C24H28N4O2S/c1-27(2)12-11-19-16-25-24-10-7-20(15-23(19)24)26-31(29,30)22-9-6-17-13-21(28(3)4)8-5-18(17)14-22/h5-10,13-16,25-26H,11-12H2,1-4H3. The minimum absolute atomic E-state index is 0.250. The number of hydrogen-bond donors (Lipinski definition) is 2. The molecule has 0 aliphatic carbocycles. The number of aromatic amines is 1. The van der Waals surface area contributed by atoms with Crippen molar-refractivity contribution in [3.8, 4) is 0 Å². The lowest BCUT2D eigenvalue weighted by atomic mass is 10.1. The van der Waals surface area contributed by atoms with E-state index in [1.807, 2.05) is 75.7 Å². The highest BCUT2D eigenvalue weighted by molar-refractivity contribution is 7.92. The van der Waals surface area contributed by atoms with Crippen LogP contribution in [0.3, 0.4) is 0 Å². The molecule has 162 valence electrons. The molecular weight excluding hydrogens is 408 g/mol. The Hall–Kier alpha value is -3.03. The lowest BCUT2D eigenvalue weighted by molar-refractivity contribution is 0.414. The second-order valence-electron chi connectivity index (χ2n) is 8.32. The van der Waals surface area contributed by atoms with Gasteiger partial charge in [0.2, 0.25) is 0 Å². The molecule has 1 heterocycles. The zero-order valence-corrected chi connectivity index (χ0v) is 19.1. The SMILES string of the molecule is CN(C)CCc1c[nH]c2ccc(NS(=O)(=O)c3ccc4cc(N(C)C)ccc4c3)cc12. The van der Waals surface area contributed by atoms with Crippen LogP contribution >= 0.6 is 0 Å². The number of rotatable bonds is 7. The highest BCUT2D eigenvalue weighted by Gasteiger charge is 2.16. The van der Waals surface area contributed by atoms with E-state index in [9.17, 15) is 8.42 Å². The van der Waals surface area contributed by atoms with Crippen molar-refractivity contribution >= 4 is 43.1 Å². The maximum atomic E-state index is 13.1. The Morgan fingerprint density at radius 3 is 2.39 bits per heavy atom. The molecular formula is C24H28N4O2S. The Morgan fingerprint density at radius 1 is 0.903 bits per heavy atom. The maximum absolute atomic E-state index is 13.1. The molecule has 0 aliphatic heterocycles. The van der Waals surface area contributed by atoms with Crippen molar-refractivity contribution in [2.24, 2.45) is 0 Å². The predicted molar refractivity (Wildman–Crippen MR) is 130 cm³/mol. The van der Waals surface area contributed by atoms with Gasteiger partial charge in [0.1, 0.15) is 0 Å². The van der Waals surface area contributed by atoms with Crippen LogP contribution in [0.2, 0.25) is 0 Å². The van der Waals surface area contributed by atoms with E-state index in [1.165, 1.54) is 5.56 Å². The van der Waals surface area contributed by atoms with E-state index in [0.29, 0.717) is 5.69 Å². The summed E-state index contributed by atoms with van der Waals surface area (Å²) < 4.78 is 28.9. The van der Waals surface area contributed by atoms with E-state index in [4.69, 9.17) is 0 Å². The van der Waals surface area contributed by atoms with Crippen LogP contribution in [-0.2, 0) is 16.4 Å². The molecule has 1 aromatic heterocycles. The van der Waals surface area contributed by atoms with E-state index < -0.39 is 10.0 Å². The normalized spacial score (nSPS) is 12.0. The third-order valence-electron chi connectivity index (χ3n) is 5.47. The minimum atomic E-state index is -3.70. The molecule has 0 saturated heterocycles. The molecule has 0 aliphatic rings. The van der Waals surface area contributed by atoms with Crippen LogP contribution in [0.15, 0.2) is 65.7 Å². The zero-order valence-electron chi connectivity index (χ0n) is 18.3. The third-order valence-corrected chi connectivity index (χ3v) is 6.85. The Kier molecular flexibility index (Phi) is 5.64. The Labute approximate surface area is 183 Å². The van der Waals surface area contributed by atoms with Crippen LogP contribution in [0.1, 0.15) is 5.56 Å². The largest absolute Gasteiger partial charge is 0.378 e. The maximum Gasteiger partial charge on any atom is 0.261 e. The fourth-order valence-electron chi connectivity index (χ4n) is 3.66. The number of anilines is 2. The highest BCUT2D eigenvalue weighted by Crippen LogP contribution is 2.27. The average molecular weight is 437 g/mol. The van der Waals surface area contributed by atoms with Crippen LogP contribution < -0.4 is 9.62 Å². The van der Waals surface area contributed by atoms with Crippen LogP contribution in [0.4, 0.5) is 11.4 Å². The van der Waals surface area contributed by atoms with Gasteiger partial charge in [-0.15, -0.1) is 0 Å². The minimum Gasteiger partial charge on any atom is -0.378 e. The number of nitrogens with one attached hydrogen (secondary N) is 2. The van der Waals surface area contributed by atoms with Crippen LogP contribution in [0.25, 0.3) is 21.7 Å². The number of benzene rings is 3. The summed E-state index contributed by atoms with van der Waals surface area (Å²) in [6, 6.07) is 16.8. The molecule has 0 radical (unpaired) electrons. The number of fused-ring (bicyclic) bond motifs is 2. The van der Waals surface area contributed by atoms with Gasteiger partial charge in [0.05, 0.1) is 4.90 Å². The molecule has 0 atom stereocenters. The van der Waals surface area contributed by atoms with Crippen molar-refractivity contribution < 1.29 is 8.42 Å². The summed E-state index contributed by atoms with van der Waals surface area (Å²) in [7, 11) is 4.35. The first kappa shape index (κ1) is 21.2. The molecule has 0 saturated carbocycles. The molecule has 0 fully saturated rings. The first-order valence-corrected chi connectivity index (χ1v) is 11.7. The first-order chi connectivity index (χ1) is 14.7. The quantitative estimate of drug-likeness (QED) is 0.453. The highest BCUT2D eigenvalue weighted by atomic mass is 32.2. The molecule has 4 rings (SSSR count). The van der Waals surface area contributed by atoms with Crippen LogP contribution in [0.5, 0.6) is 0 Å². The topological polar surface area (TPSA) is 68.4 Å². The van der Waals surface area contributed by atoms with Gasteiger partial charge >= 0.3 is 0 Å². The number of H-pyrrole nitrogens is 1. The third kappa shape index (κ3) is 4.52. The van der Waals surface area contributed by atoms with Crippen molar-refractivity contribution in [2.75, 3.05) is 44.4 Å². The molecule has 0 bridgehead atoms. The van der Waals surface area contributed by atoms with Gasteiger partial charge in [-0.1, -0.05) is 12.1 Å². The summed E-state index contributed by atoms with van der Waals surface area (Å²) in [4.78, 5) is 7.67. The Balaban J connectivity index is 1.62. The average Bonchev–Trinajstić information content (AvgIpc) is 3.13. The van der Waals surface area contributed by atoms with Crippen LogP contribution in [0, 0.1) is 0 Å². The van der Waals surface area contributed by atoms with Crippen LogP contribution in [-0.4, -0.2) is 53.0 Å². The second kappa shape index (κ2) is 8.24.